The van der Waals surface area contributed by atoms with Crippen molar-refractivity contribution in [3.63, 3.8) is 0 Å². The largest absolute Gasteiger partial charge is 0.365 e. The number of rotatable bonds is 2. The third-order valence-electron chi connectivity index (χ3n) is 4.33. The van der Waals surface area contributed by atoms with Gasteiger partial charge in [-0.15, -0.1) is 0 Å². The van der Waals surface area contributed by atoms with Gasteiger partial charge < -0.3 is 9.88 Å². The van der Waals surface area contributed by atoms with Gasteiger partial charge in [0.05, 0.1) is 11.8 Å². The van der Waals surface area contributed by atoms with Gasteiger partial charge in [-0.25, -0.2) is 9.97 Å². The highest BCUT2D eigenvalue weighted by molar-refractivity contribution is 5.85. The van der Waals surface area contributed by atoms with E-state index < -0.39 is 0 Å². The third-order valence-corrected chi connectivity index (χ3v) is 4.33. The number of anilines is 1. The van der Waals surface area contributed by atoms with Crippen LogP contribution in [-0.4, -0.2) is 20.6 Å². The number of benzene rings is 1. The maximum absolute atomic E-state index is 4.48. The van der Waals surface area contributed by atoms with Crippen LogP contribution in [0.5, 0.6) is 0 Å². The highest BCUT2D eigenvalue weighted by atomic mass is 15.1. The van der Waals surface area contributed by atoms with E-state index in [1.807, 2.05) is 30.2 Å². The molecular weight excluding hydrogens is 260 g/mol. The highest BCUT2D eigenvalue weighted by Crippen LogP contribution is 2.25. The molecule has 0 aliphatic heterocycles. The van der Waals surface area contributed by atoms with E-state index >= 15 is 0 Å². The lowest BCUT2D eigenvalue weighted by Crippen LogP contribution is -2.27. The summed E-state index contributed by atoms with van der Waals surface area (Å²) < 4.78 is 2.03. The molecule has 0 saturated carbocycles. The molecule has 0 spiro atoms. The van der Waals surface area contributed by atoms with E-state index in [1.54, 1.807) is 0 Å². The van der Waals surface area contributed by atoms with Gasteiger partial charge in [0, 0.05) is 19.3 Å². The minimum Gasteiger partial charge on any atom is -0.365 e. The van der Waals surface area contributed by atoms with Gasteiger partial charge >= 0.3 is 0 Å². The molecule has 106 valence electrons. The summed E-state index contributed by atoms with van der Waals surface area (Å²) in [6.45, 7) is 0. The number of aryl methyl sites for hydroxylation is 2. The van der Waals surface area contributed by atoms with Crippen LogP contribution in [-0.2, 0) is 19.9 Å². The number of fused-ring (bicyclic) bond motifs is 2. The van der Waals surface area contributed by atoms with Crippen LogP contribution in [0.2, 0.25) is 0 Å². The molecule has 0 saturated heterocycles. The predicted molar refractivity (Wildman–Crippen MR) is 84.4 cm³/mol. The lowest BCUT2D eigenvalue weighted by molar-refractivity contribution is 0.609. The van der Waals surface area contributed by atoms with E-state index in [0.717, 1.165) is 36.1 Å². The van der Waals surface area contributed by atoms with Crippen LogP contribution in [0.15, 0.2) is 42.9 Å². The summed E-state index contributed by atoms with van der Waals surface area (Å²) in [6.07, 6.45) is 7.02. The molecular formula is C17H18N4. The number of hydrogen-bond acceptors (Lipinski definition) is 3. The molecule has 21 heavy (non-hydrogen) atoms. The summed E-state index contributed by atoms with van der Waals surface area (Å²) >= 11 is 0. The maximum atomic E-state index is 4.48. The first-order chi connectivity index (χ1) is 10.3. The first-order valence-electron chi connectivity index (χ1n) is 7.40. The van der Waals surface area contributed by atoms with Crippen molar-refractivity contribution in [1.29, 1.82) is 0 Å². The number of hydrogen-bond donors (Lipinski definition) is 1. The molecule has 1 aliphatic rings. The molecule has 0 bridgehead atoms. The normalized spacial score (nSPS) is 17.7. The molecule has 1 unspecified atom stereocenters. The minimum absolute atomic E-state index is 0.431. The first kappa shape index (κ1) is 12.4. The monoisotopic (exact) mass is 278 g/mol. The van der Waals surface area contributed by atoms with Crippen LogP contribution >= 0.6 is 0 Å². The Kier molecular flexibility index (Phi) is 2.88. The Morgan fingerprint density at radius 1 is 1.14 bits per heavy atom. The van der Waals surface area contributed by atoms with E-state index in [2.05, 4.69) is 39.6 Å². The molecule has 3 aromatic rings. The molecule has 0 fully saturated rings. The van der Waals surface area contributed by atoms with Gasteiger partial charge in [-0.05, 0) is 36.5 Å². The number of pyridine rings is 1. The molecule has 1 aliphatic carbocycles. The van der Waals surface area contributed by atoms with Crippen molar-refractivity contribution in [3.8, 4) is 0 Å². The molecule has 4 rings (SSSR count). The van der Waals surface area contributed by atoms with Crippen molar-refractivity contribution < 1.29 is 0 Å². The van der Waals surface area contributed by atoms with Crippen molar-refractivity contribution in [3.05, 3.63) is 54.0 Å². The predicted octanol–water partition coefficient (Wildman–Crippen LogP) is 2.94. The van der Waals surface area contributed by atoms with Crippen LogP contribution in [0.3, 0.4) is 0 Å². The van der Waals surface area contributed by atoms with Gasteiger partial charge in [-0.1, -0.05) is 24.3 Å². The quantitative estimate of drug-likeness (QED) is 0.783. The maximum Gasteiger partial charge on any atom is 0.154 e. The zero-order chi connectivity index (χ0) is 14.2. The second kappa shape index (κ2) is 4.88. The van der Waals surface area contributed by atoms with Crippen LogP contribution in [0.1, 0.15) is 17.5 Å². The van der Waals surface area contributed by atoms with Crippen LogP contribution in [0.4, 0.5) is 5.82 Å². The van der Waals surface area contributed by atoms with Gasteiger partial charge in [-0.2, -0.15) is 0 Å². The van der Waals surface area contributed by atoms with Gasteiger partial charge in [0.15, 0.2) is 5.82 Å². The fourth-order valence-corrected chi connectivity index (χ4v) is 3.18. The number of nitrogens with one attached hydrogen (secondary N) is 1. The van der Waals surface area contributed by atoms with Crippen molar-refractivity contribution in [2.45, 2.75) is 25.3 Å². The summed E-state index contributed by atoms with van der Waals surface area (Å²) in [5.41, 5.74) is 5.01. The SMILES string of the molecule is Cn1cnc2c(NC3CCc4ccccc4C3)nccc21. The number of aromatic nitrogens is 3. The minimum atomic E-state index is 0.431. The highest BCUT2D eigenvalue weighted by Gasteiger charge is 2.19. The van der Waals surface area contributed by atoms with E-state index in [4.69, 9.17) is 0 Å². The molecule has 4 nitrogen and oxygen atoms in total. The Morgan fingerprint density at radius 3 is 2.90 bits per heavy atom. The summed E-state index contributed by atoms with van der Waals surface area (Å²) in [5, 5.41) is 3.59. The van der Waals surface area contributed by atoms with Crippen molar-refractivity contribution in [2.24, 2.45) is 7.05 Å². The van der Waals surface area contributed by atoms with Crippen LogP contribution in [0.25, 0.3) is 11.0 Å². The van der Waals surface area contributed by atoms with Crippen LogP contribution < -0.4 is 5.32 Å². The summed E-state index contributed by atoms with van der Waals surface area (Å²) in [5.74, 6) is 0.900. The van der Waals surface area contributed by atoms with E-state index in [-0.39, 0.29) is 0 Å². The number of nitrogens with zero attached hydrogens (tertiary/aromatic N) is 3. The van der Waals surface area contributed by atoms with E-state index in [9.17, 15) is 0 Å². The average molecular weight is 278 g/mol. The Labute approximate surface area is 123 Å². The molecule has 4 heteroatoms. The molecule has 0 radical (unpaired) electrons. The van der Waals surface area contributed by atoms with E-state index in [0.29, 0.717) is 6.04 Å². The molecule has 1 N–H and O–H groups in total. The summed E-state index contributed by atoms with van der Waals surface area (Å²) in [6, 6.07) is 11.2. The third kappa shape index (κ3) is 2.17. The second-order valence-corrected chi connectivity index (χ2v) is 5.74. The standard InChI is InChI=1S/C17H18N4/c1-21-11-19-16-15(21)8-9-18-17(16)20-14-7-6-12-4-2-3-5-13(12)10-14/h2-5,8-9,11,14H,6-7,10H2,1H3,(H,18,20). The molecule has 2 heterocycles. The van der Waals surface area contributed by atoms with Crippen molar-refractivity contribution in [1.82, 2.24) is 14.5 Å². The average Bonchev–Trinajstić information content (AvgIpc) is 2.90. The summed E-state index contributed by atoms with van der Waals surface area (Å²) in [4.78, 5) is 8.95. The fourth-order valence-electron chi connectivity index (χ4n) is 3.18. The Bertz CT molecular complexity index is 790. The lowest BCUT2D eigenvalue weighted by atomic mass is 9.88. The Morgan fingerprint density at radius 2 is 2.00 bits per heavy atom. The van der Waals surface area contributed by atoms with E-state index in [1.165, 1.54) is 11.1 Å². The van der Waals surface area contributed by atoms with Gasteiger partial charge in [0.2, 0.25) is 0 Å². The smallest absolute Gasteiger partial charge is 0.154 e. The van der Waals surface area contributed by atoms with Gasteiger partial charge in [0.1, 0.15) is 5.52 Å². The lowest BCUT2D eigenvalue weighted by Gasteiger charge is -2.25. The second-order valence-electron chi connectivity index (χ2n) is 5.74. The fraction of sp³-hybridized carbons (Fsp3) is 0.294. The Balaban J connectivity index is 1.62. The van der Waals surface area contributed by atoms with Crippen molar-refractivity contribution in [2.75, 3.05) is 5.32 Å². The topological polar surface area (TPSA) is 42.7 Å². The molecule has 1 atom stereocenters. The number of imidazole rings is 1. The molecule has 1 aromatic carbocycles. The Hall–Kier alpha value is -2.36. The van der Waals surface area contributed by atoms with Gasteiger partial charge in [-0.3, -0.25) is 0 Å². The zero-order valence-electron chi connectivity index (χ0n) is 12.1. The van der Waals surface area contributed by atoms with Crippen LogP contribution in [0, 0.1) is 0 Å². The van der Waals surface area contributed by atoms with Crippen molar-refractivity contribution >= 4 is 16.9 Å². The van der Waals surface area contributed by atoms with Gasteiger partial charge in [0.25, 0.3) is 0 Å². The molecule has 0 amide bonds. The molecule has 2 aromatic heterocycles. The first-order valence-corrected chi connectivity index (χ1v) is 7.40. The summed E-state index contributed by atoms with van der Waals surface area (Å²) in [7, 11) is 2.01. The zero-order valence-corrected chi connectivity index (χ0v) is 12.1.